The fraction of sp³-hybridized carbons (Fsp3) is 0.524. The van der Waals surface area contributed by atoms with Gasteiger partial charge in [-0.1, -0.05) is 31.5 Å². The molecule has 1 aliphatic rings. The number of para-hydroxylation sites is 1. The number of likely N-dealkylation sites (tertiary alicyclic amines) is 1. The fourth-order valence-electron chi connectivity index (χ4n) is 3.53. The van der Waals surface area contributed by atoms with Crippen molar-refractivity contribution < 1.29 is 4.79 Å². The van der Waals surface area contributed by atoms with Gasteiger partial charge in [0.2, 0.25) is 0 Å². The highest BCUT2D eigenvalue weighted by atomic mass is 16.2. The summed E-state index contributed by atoms with van der Waals surface area (Å²) in [4.78, 5) is 22.6. The van der Waals surface area contributed by atoms with E-state index in [-0.39, 0.29) is 12.1 Å². The smallest absolute Gasteiger partial charge is 0.319 e. The highest BCUT2D eigenvalue weighted by Crippen LogP contribution is 2.14. The molecule has 0 spiro atoms. The number of hydrogen-bond acceptors (Lipinski definition) is 3. The SMILES string of the molecule is CCCCc1ncc(CN2CCC[C@@H](NC(=O)Nc3ccccc3)CC2)[nH]1. The lowest BCUT2D eigenvalue weighted by atomic mass is 10.1. The number of aromatic nitrogens is 2. The first kappa shape index (κ1) is 19.4. The summed E-state index contributed by atoms with van der Waals surface area (Å²) in [6.07, 6.45) is 8.44. The van der Waals surface area contributed by atoms with Crippen molar-refractivity contribution in [1.29, 1.82) is 0 Å². The Morgan fingerprint density at radius 2 is 2.11 bits per heavy atom. The second-order valence-electron chi connectivity index (χ2n) is 7.33. The van der Waals surface area contributed by atoms with Gasteiger partial charge in [-0.3, -0.25) is 4.90 Å². The van der Waals surface area contributed by atoms with Crippen molar-refractivity contribution in [3.05, 3.63) is 48.0 Å². The largest absolute Gasteiger partial charge is 0.345 e. The zero-order valence-electron chi connectivity index (χ0n) is 16.2. The van der Waals surface area contributed by atoms with E-state index < -0.39 is 0 Å². The lowest BCUT2D eigenvalue weighted by molar-refractivity contribution is 0.245. The maximum Gasteiger partial charge on any atom is 0.319 e. The summed E-state index contributed by atoms with van der Waals surface area (Å²) in [7, 11) is 0. The van der Waals surface area contributed by atoms with Gasteiger partial charge < -0.3 is 15.6 Å². The second-order valence-corrected chi connectivity index (χ2v) is 7.33. The summed E-state index contributed by atoms with van der Waals surface area (Å²) in [5.74, 6) is 1.10. The van der Waals surface area contributed by atoms with Crippen molar-refractivity contribution in [3.63, 3.8) is 0 Å². The monoisotopic (exact) mass is 369 g/mol. The Labute approximate surface area is 161 Å². The number of nitrogens with zero attached hydrogens (tertiary/aromatic N) is 2. The van der Waals surface area contributed by atoms with Crippen LogP contribution in [-0.2, 0) is 13.0 Å². The zero-order chi connectivity index (χ0) is 18.9. The van der Waals surface area contributed by atoms with Crippen LogP contribution < -0.4 is 10.6 Å². The Hall–Kier alpha value is -2.34. The third-order valence-corrected chi connectivity index (χ3v) is 5.03. The number of carbonyl (C=O) groups excluding carboxylic acids is 1. The number of imidazole rings is 1. The highest BCUT2D eigenvalue weighted by Gasteiger charge is 2.19. The average Bonchev–Trinajstić information content (AvgIpc) is 3.00. The molecule has 1 fully saturated rings. The van der Waals surface area contributed by atoms with Crippen LogP contribution in [0.3, 0.4) is 0 Å². The quantitative estimate of drug-likeness (QED) is 0.692. The van der Waals surface area contributed by atoms with E-state index in [1.54, 1.807) is 0 Å². The normalized spacial score (nSPS) is 18.0. The molecule has 1 atom stereocenters. The number of unbranched alkanes of at least 4 members (excludes halogenated alkanes) is 1. The van der Waals surface area contributed by atoms with Crippen molar-refractivity contribution in [1.82, 2.24) is 20.2 Å². The van der Waals surface area contributed by atoms with Crippen LogP contribution in [0.5, 0.6) is 0 Å². The molecule has 1 aromatic heterocycles. The second kappa shape index (κ2) is 10.1. The van der Waals surface area contributed by atoms with Crippen molar-refractivity contribution in [2.75, 3.05) is 18.4 Å². The van der Waals surface area contributed by atoms with E-state index in [2.05, 4.69) is 32.4 Å². The molecule has 1 aromatic carbocycles. The third kappa shape index (κ3) is 6.40. The number of nitrogens with one attached hydrogen (secondary N) is 3. The molecule has 0 radical (unpaired) electrons. The molecule has 0 saturated carbocycles. The molecule has 6 heteroatoms. The number of benzene rings is 1. The van der Waals surface area contributed by atoms with Crippen LogP contribution >= 0.6 is 0 Å². The molecule has 1 aliphatic heterocycles. The lowest BCUT2D eigenvalue weighted by Crippen LogP contribution is -2.38. The van der Waals surface area contributed by atoms with Crippen molar-refractivity contribution in [2.24, 2.45) is 0 Å². The van der Waals surface area contributed by atoms with Crippen LogP contribution in [0.2, 0.25) is 0 Å². The number of hydrogen-bond donors (Lipinski definition) is 3. The van der Waals surface area contributed by atoms with E-state index in [4.69, 9.17) is 0 Å². The Bertz CT molecular complexity index is 700. The molecule has 2 aromatic rings. The molecule has 2 heterocycles. The van der Waals surface area contributed by atoms with E-state index in [0.717, 1.165) is 56.8 Å². The molecule has 6 nitrogen and oxygen atoms in total. The summed E-state index contributed by atoms with van der Waals surface area (Å²) in [5.41, 5.74) is 2.01. The van der Waals surface area contributed by atoms with Gasteiger partial charge in [0.25, 0.3) is 0 Å². The van der Waals surface area contributed by atoms with E-state index in [1.165, 1.54) is 18.5 Å². The van der Waals surface area contributed by atoms with Gasteiger partial charge in [-0.05, 0) is 44.4 Å². The van der Waals surface area contributed by atoms with Crippen molar-refractivity contribution in [3.8, 4) is 0 Å². The Balaban J connectivity index is 1.43. The predicted molar refractivity (Wildman–Crippen MR) is 109 cm³/mol. The fourth-order valence-corrected chi connectivity index (χ4v) is 3.53. The molecule has 2 amide bonds. The predicted octanol–water partition coefficient (Wildman–Crippen LogP) is 3.93. The summed E-state index contributed by atoms with van der Waals surface area (Å²) >= 11 is 0. The topological polar surface area (TPSA) is 73.1 Å². The molecule has 0 bridgehead atoms. The van der Waals surface area contributed by atoms with Crippen LogP contribution in [0, 0.1) is 0 Å². The first-order valence-electron chi connectivity index (χ1n) is 10.1. The molecular formula is C21H31N5O. The van der Waals surface area contributed by atoms with E-state index in [9.17, 15) is 4.79 Å². The molecular weight excluding hydrogens is 338 g/mol. The van der Waals surface area contributed by atoms with Gasteiger partial charge in [0.15, 0.2) is 0 Å². The minimum Gasteiger partial charge on any atom is -0.345 e. The summed E-state index contributed by atoms with van der Waals surface area (Å²) in [5, 5.41) is 6.03. The third-order valence-electron chi connectivity index (χ3n) is 5.03. The maximum absolute atomic E-state index is 12.2. The van der Waals surface area contributed by atoms with Crippen LogP contribution in [0.15, 0.2) is 36.5 Å². The van der Waals surface area contributed by atoms with Gasteiger partial charge >= 0.3 is 6.03 Å². The average molecular weight is 370 g/mol. The van der Waals surface area contributed by atoms with Gasteiger partial charge in [-0.25, -0.2) is 9.78 Å². The molecule has 1 saturated heterocycles. The summed E-state index contributed by atoms with van der Waals surface area (Å²) in [6.45, 7) is 5.15. The molecule has 27 heavy (non-hydrogen) atoms. The van der Waals surface area contributed by atoms with Gasteiger partial charge in [0, 0.05) is 43.1 Å². The standard InChI is InChI=1S/C21H31N5O/c1-2-3-11-20-22-15-19(23-20)16-26-13-7-10-18(12-14-26)25-21(27)24-17-8-5-4-6-9-17/h4-6,8-9,15,18H,2-3,7,10-14,16H2,1H3,(H,22,23)(H2,24,25,27)/t18-/m1/s1. The number of aromatic amines is 1. The first-order valence-corrected chi connectivity index (χ1v) is 10.1. The van der Waals surface area contributed by atoms with Gasteiger partial charge in [0.1, 0.15) is 5.82 Å². The number of anilines is 1. The minimum atomic E-state index is -0.117. The van der Waals surface area contributed by atoms with Crippen LogP contribution in [0.25, 0.3) is 0 Å². The molecule has 0 unspecified atom stereocenters. The van der Waals surface area contributed by atoms with Crippen LogP contribution in [0.1, 0.15) is 50.5 Å². The number of amides is 2. The zero-order valence-corrected chi connectivity index (χ0v) is 16.2. The highest BCUT2D eigenvalue weighted by molar-refractivity contribution is 5.89. The summed E-state index contributed by atoms with van der Waals surface area (Å²) in [6, 6.07) is 9.68. The van der Waals surface area contributed by atoms with E-state index >= 15 is 0 Å². The Morgan fingerprint density at radius 1 is 1.26 bits per heavy atom. The molecule has 3 rings (SSSR count). The minimum absolute atomic E-state index is 0.117. The van der Waals surface area contributed by atoms with E-state index in [0.29, 0.717) is 0 Å². The van der Waals surface area contributed by atoms with Gasteiger partial charge in [-0.15, -0.1) is 0 Å². The maximum atomic E-state index is 12.2. The number of rotatable bonds is 7. The number of carbonyl (C=O) groups is 1. The number of aryl methyl sites for hydroxylation is 1. The molecule has 0 aliphatic carbocycles. The summed E-state index contributed by atoms with van der Waals surface area (Å²) < 4.78 is 0. The number of urea groups is 1. The first-order chi connectivity index (χ1) is 13.2. The molecule has 146 valence electrons. The Morgan fingerprint density at radius 3 is 2.93 bits per heavy atom. The van der Waals surface area contributed by atoms with Gasteiger partial charge in [0.05, 0.1) is 0 Å². The van der Waals surface area contributed by atoms with Crippen LogP contribution in [-0.4, -0.2) is 40.0 Å². The Kier molecular flexibility index (Phi) is 7.27. The van der Waals surface area contributed by atoms with Crippen molar-refractivity contribution >= 4 is 11.7 Å². The number of H-pyrrole nitrogens is 1. The lowest BCUT2D eigenvalue weighted by Gasteiger charge is -2.19. The van der Waals surface area contributed by atoms with Crippen molar-refractivity contribution in [2.45, 2.75) is 58.0 Å². The van der Waals surface area contributed by atoms with Gasteiger partial charge in [-0.2, -0.15) is 0 Å². The van der Waals surface area contributed by atoms with Crippen LogP contribution in [0.4, 0.5) is 10.5 Å². The van der Waals surface area contributed by atoms with E-state index in [1.807, 2.05) is 36.5 Å². The molecule has 3 N–H and O–H groups in total.